The Balaban J connectivity index is 3.03. The lowest BCUT2D eigenvalue weighted by Gasteiger charge is -2.18. The predicted molar refractivity (Wildman–Crippen MR) is 59.6 cm³/mol. The van der Waals surface area contributed by atoms with E-state index in [0.717, 1.165) is 6.42 Å². The van der Waals surface area contributed by atoms with Gasteiger partial charge in [-0.2, -0.15) is 4.98 Å². The number of aliphatic hydroxyl groups excluding tert-OH is 1. The van der Waals surface area contributed by atoms with Gasteiger partial charge in [-0.05, 0) is 5.92 Å². The third-order valence-electron chi connectivity index (χ3n) is 2.61. The van der Waals surface area contributed by atoms with Gasteiger partial charge in [-0.3, -0.25) is 0 Å². The van der Waals surface area contributed by atoms with Gasteiger partial charge >= 0.3 is 0 Å². The Kier molecular flexibility index (Phi) is 4.49. The van der Waals surface area contributed by atoms with Crippen molar-refractivity contribution in [1.29, 1.82) is 0 Å². The minimum absolute atomic E-state index is 0.108. The minimum Gasteiger partial charge on any atom is -0.480 e. The standard InChI is InChI=1S/C11H18N2O3/c1-5-7(2)10(14)9-11(16-4)13-8(15-3)6-12-9/h6-7,10,14H,5H2,1-4H3. The Hall–Kier alpha value is -1.36. The third kappa shape index (κ3) is 2.61. The second-order valence-corrected chi connectivity index (χ2v) is 3.64. The zero-order valence-corrected chi connectivity index (χ0v) is 10.1. The highest BCUT2D eigenvalue weighted by Crippen LogP contribution is 2.29. The Labute approximate surface area is 95.4 Å². The number of nitrogens with zero attached hydrogens (tertiary/aromatic N) is 2. The van der Waals surface area contributed by atoms with Gasteiger partial charge in [-0.1, -0.05) is 20.3 Å². The highest BCUT2D eigenvalue weighted by molar-refractivity contribution is 5.24. The summed E-state index contributed by atoms with van der Waals surface area (Å²) >= 11 is 0. The van der Waals surface area contributed by atoms with Crippen molar-refractivity contribution in [2.45, 2.75) is 26.4 Å². The molecular formula is C11H18N2O3. The quantitative estimate of drug-likeness (QED) is 0.825. The molecule has 2 unspecified atom stereocenters. The van der Waals surface area contributed by atoms with Gasteiger partial charge in [0.25, 0.3) is 0 Å². The molecule has 0 aliphatic heterocycles. The van der Waals surface area contributed by atoms with E-state index in [1.54, 1.807) is 0 Å². The first-order chi connectivity index (χ1) is 7.63. The van der Waals surface area contributed by atoms with E-state index in [-0.39, 0.29) is 5.92 Å². The molecule has 0 aliphatic carbocycles. The average Bonchev–Trinajstić information content (AvgIpc) is 2.35. The van der Waals surface area contributed by atoms with Crippen LogP contribution in [0.1, 0.15) is 32.1 Å². The van der Waals surface area contributed by atoms with Gasteiger partial charge in [0.15, 0.2) is 0 Å². The average molecular weight is 226 g/mol. The summed E-state index contributed by atoms with van der Waals surface area (Å²) in [6.45, 7) is 3.97. The number of rotatable bonds is 5. The molecule has 1 N–H and O–H groups in total. The molecule has 5 heteroatoms. The Bertz CT molecular complexity index is 344. The summed E-state index contributed by atoms with van der Waals surface area (Å²) in [5.74, 6) is 0.792. The van der Waals surface area contributed by atoms with Gasteiger partial charge in [0.1, 0.15) is 11.8 Å². The summed E-state index contributed by atoms with van der Waals surface area (Å²) in [5, 5.41) is 10.0. The van der Waals surface area contributed by atoms with Crippen LogP contribution in [0.2, 0.25) is 0 Å². The van der Waals surface area contributed by atoms with Crippen molar-refractivity contribution in [3.05, 3.63) is 11.9 Å². The number of ether oxygens (including phenoxy) is 2. The molecule has 0 aliphatic rings. The van der Waals surface area contributed by atoms with E-state index in [4.69, 9.17) is 9.47 Å². The van der Waals surface area contributed by atoms with Crippen molar-refractivity contribution in [1.82, 2.24) is 9.97 Å². The van der Waals surface area contributed by atoms with Crippen LogP contribution < -0.4 is 9.47 Å². The maximum Gasteiger partial charge on any atom is 0.241 e. The lowest BCUT2D eigenvalue weighted by Crippen LogP contribution is -2.12. The molecule has 0 radical (unpaired) electrons. The predicted octanol–water partition coefficient (Wildman–Crippen LogP) is 1.57. The summed E-state index contributed by atoms with van der Waals surface area (Å²) in [6.07, 6.45) is 1.67. The zero-order valence-electron chi connectivity index (χ0n) is 10.1. The third-order valence-corrected chi connectivity index (χ3v) is 2.61. The van der Waals surface area contributed by atoms with Crippen LogP contribution in [0.4, 0.5) is 0 Å². The first-order valence-corrected chi connectivity index (χ1v) is 5.27. The van der Waals surface area contributed by atoms with Gasteiger partial charge in [0, 0.05) is 0 Å². The molecular weight excluding hydrogens is 208 g/mol. The molecule has 5 nitrogen and oxygen atoms in total. The fraction of sp³-hybridized carbons (Fsp3) is 0.636. The zero-order chi connectivity index (χ0) is 12.1. The molecule has 0 fully saturated rings. The van der Waals surface area contributed by atoms with Crippen LogP contribution in [0.25, 0.3) is 0 Å². The van der Waals surface area contributed by atoms with E-state index in [2.05, 4.69) is 9.97 Å². The topological polar surface area (TPSA) is 64.5 Å². The Morgan fingerprint density at radius 2 is 2.06 bits per heavy atom. The molecule has 2 atom stereocenters. The fourth-order valence-corrected chi connectivity index (χ4v) is 1.31. The lowest BCUT2D eigenvalue weighted by atomic mass is 9.99. The first-order valence-electron chi connectivity index (χ1n) is 5.27. The van der Waals surface area contributed by atoms with Gasteiger partial charge in [-0.15, -0.1) is 0 Å². The monoisotopic (exact) mass is 226 g/mol. The molecule has 1 aromatic rings. The largest absolute Gasteiger partial charge is 0.480 e. The van der Waals surface area contributed by atoms with Crippen LogP contribution in [0.5, 0.6) is 11.8 Å². The lowest BCUT2D eigenvalue weighted by molar-refractivity contribution is 0.107. The summed E-state index contributed by atoms with van der Waals surface area (Å²) in [7, 11) is 3.00. The number of aromatic nitrogens is 2. The molecule has 1 aromatic heterocycles. The van der Waals surface area contributed by atoms with Crippen molar-refractivity contribution in [2.75, 3.05) is 14.2 Å². The number of hydrogen-bond donors (Lipinski definition) is 1. The van der Waals surface area contributed by atoms with E-state index in [1.165, 1.54) is 20.4 Å². The summed E-state index contributed by atoms with van der Waals surface area (Å²) < 4.78 is 10.0. The van der Waals surface area contributed by atoms with E-state index in [1.807, 2.05) is 13.8 Å². The van der Waals surface area contributed by atoms with E-state index in [9.17, 15) is 5.11 Å². The number of hydrogen-bond acceptors (Lipinski definition) is 5. The maximum atomic E-state index is 10.0. The van der Waals surface area contributed by atoms with Crippen molar-refractivity contribution in [3.8, 4) is 11.8 Å². The summed E-state index contributed by atoms with van der Waals surface area (Å²) in [5.41, 5.74) is 0.456. The molecule has 0 aromatic carbocycles. The molecule has 90 valence electrons. The molecule has 1 rings (SSSR count). The minimum atomic E-state index is -0.668. The second kappa shape index (κ2) is 5.65. The molecule has 0 saturated carbocycles. The first kappa shape index (κ1) is 12.7. The normalized spacial score (nSPS) is 14.3. The van der Waals surface area contributed by atoms with Gasteiger partial charge in [0.2, 0.25) is 11.8 Å². The van der Waals surface area contributed by atoms with Crippen LogP contribution in [-0.4, -0.2) is 29.3 Å². The van der Waals surface area contributed by atoms with E-state index in [0.29, 0.717) is 17.5 Å². The number of aliphatic hydroxyl groups is 1. The van der Waals surface area contributed by atoms with Crippen LogP contribution >= 0.6 is 0 Å². The molecule has 0 amide bonds. The molecule has 0 bridgehead atoms. The number of methoxy groups -OCH3 is 2. The smallest absolute Gasteiger partial charge is 0.241 e. The highest BCUT2D eigenvalue weighted by Gasteiger charge is 2.21. The molecule has 0 spiro atoms. The van der Waals surface area contributed by atoms with Crippen molar-refractivity contribution >= 4 is 0 Å². The highest BCUT2D eigenvalue weighted by atomic mass is 16.5. The van der Waals surface area contributed by atoms with Gasteiger partial charge in [0.05, 0.1) is 20.4 Å². The summed E-state index contributed by atoms with van der Waals surface area (Å²) in [4.78, 5) is 8.21. The molecule has 1 heterocycles. The molecule has 16 heavy (non-hydrogen) atoms. The maximum absolute atomic E-state index is 10.0. The Morgan fingerprint density at radius 1 is 1.38 bits per heavy atom. The SMILES string of the molecule is CCC(C)C(O)c1ncc(OC)nc1OC. The van der Waals surface area contributed by atoms with E-state index >= 15 is 0 Å². The van der Waals surface area contributed by atoms with Crippen LogP contribution in [0, 0.1) is 5.92 Å². The van der Waals surface area contributed by atoms with E-state index < -0.39 is 6.10 Å². The van der Waals surface area contributed by atoms with Crippen LogP contribution in [0.3, 0.4) is 0 Å². The van der Waals surface area contributed by atoms with Crippen molar-refractivity contribution in [3.63, 3.8) is 0 Å². The van der Waals surface area contributed by atoms with Crippen molar-refractivity contribution in [2.24, 2.45) is 5.92 Å². The summed E-state index contributed by atoms with van der Waals surface area (Å²) in [6, 6.07) is 0. The molecule has 0 saturated heterocycles. The fourth-order valence-electron chi connectivity index (χ4n) is 1.31. The van der Waals surface area contributed by atoms with Gasteiger partial charge < -0.3 is 14.6 Å². The second-order valence-electron chi connectivity index (χ2n) is 3.64. The van der Waals surface area contributed by atoms with Crippen LogP contribution in [-0.2, 0) is 0 Å². The van der Waals surface area contributed by atoms with Crippen molar-refractivity contribution < 1.29 is 14.6 Å². The van der Waals surface area contributed by atoms with Gasteiger partial charge in [-0.25, -0.2) is 4.98 Å². The van der Waals surface area contributed by atoms with Crippen LogP contribution in [0.15, 0.2) is 6.20 Å². The Morgan fingerprint density at radius 3 is 2.56 bits per heavy atom.